The van der Waals surface area contributed by atoms with Gasteiger partial charge >= 0.3 is 0 Å². The quantitative estimate of drug-likeness (QED) is 0.267. The number of carbonyl (C=O) groups is 3. The Kier molecular flexibility index (Phi) is 9.85. The number of hydrazone groups is 1. The summed E-state index contributed by atoms with van der Waals surface area (Å²) in [6.07, 6.45) is 6.50. The zero-order chi connectivity index (χ0) is 25.0. The minimum atomic E-state index is -0.863. The fourth-order valence-electron chi connectivity index (χ4n) is 3.70. The van der Waals surface area contributed by atoms with Gasteiger partial charge in [0, 0.05) is 12.6 Å². The molecule has 0 saturated heterocycles. The molecular weight excluding hydrogens is 453 g/mol. The molecule has 10 heteroatoms. The zero-order valence-corrected chi connectivity index (χ0v) is 19.7. The van der Waals surface area contributed by atoms with E-state index in [1.165, 1.54) is 18.3 Å². The van der Waals surface area contributed by atoms with Gasteiger partial charge in [-0.2, -0.15) is 5.10 Å². The van der Waals surface area contributed by atoms with Crippen LogP contribution in [0.5, 0.6) is 0 Å². The zero-order valence-electron chi connectivity index (χ0n) is 19.7. The van der Waals surface area contributed by atoms with Crippen LogP contribution < -0.4 is 5.32 Å². The third-order valence-electron chi connectivity index (χ3n) is 5.60. The molecule has 1 aliphatic heterocycles. The summed E-state index contributed by atoms with van der Waals surface area (Å²) in [6, 6.07) is 11.1. The third kappa shape index (κ3) is 7.68. The van der Waals surface area contributed by atoms with Crippen LogP contribution >= 0.6 is 0 Å². The normalized spacial score (nSPS) is 15.6. The minimum absolute atomic E-state index is 0.0404. The van der Waals surface area contributed by atoms with Gasteiger partial charge in [-0.05, 0) is 24.1 Å². The summed E-state index contributed by atoms with van der Waals surface area (Å²) in [7, 11) is 0. The number of aromatic nitrogens is 1. The van der Waals surface area contributed by atoms with Crippen LogP contribution in [0.1, 0.15) is 44.6 Å². The highest BCUT2D eigenvalue weighted by molar-refractivity contribution is 5.99. The van der Waals surface area contributed by atoms with Crippen molar-refractivity contribution in [2.75, 3.05) is 11.9 Å². The van der Waals surface area contributed by atoms with Crippen molar-refractivity contribution < 1.29 is 23.6 Å². The number of nitrogens with one attached hydrogen (secondary N) is 1. The van der Waals surface area contributed by atoms with Crippen LogP contribution in [0.2, 0.25) is 0 Å². The standard InChI is InChI=1S/C25H30FN5O4/c1-2-3-5-10-20(16-30(18-32)35-17-19-8-6-4-7-9-19)25(34)31-22(13-14-28-31)24(33)29-23-12-11-21(26)15-27-23/h4,6-9,11-12,14-15,18,20,22H,2-3,5,10,13,16-17H2,1H3,(H,27,29,33)/t20-,22?/m1/s1. The molecule has 0 radical (unpaired) electrons. The molecule has 3 rings (SSSR count). The molecule has 2 heterocycles. The summed E-state index contributed by atoms with van der Waals surface area (Å²) in [6.45, 7) is 2.29. The monoisotopic (exact) mass is 483 g/mol. The van der Waals surface area contributed by atoms with Crippen molar-refractivity contribution >= 4 is 30.3 Å². The first-order chi connectivity index (χ1) is 17.0. The first-order valence-electron chi connectivity index (χ1n) is 11.7. The number of hydroxylamine groups is 2. The Hall–Kier alpha value is -3.66. The molecule has 2 atom stereocenters. The number of benzene rings is 1. The molecule has 0 spiro atoms. The molecule has 2 aromatic rings. The fraction of sp³-hybridized carbons (Fsp3) is 0.400. The predicted octanol–water partition coefficient (Wildman–Crippen LogP) is 3.53. The maximum Gasteiger partial charge on any atom is 0.250 e. The molecule has 1 aromatic carbocycles. The van der Waals surface area contributed by atoms with Crippen LogP contribution in [0, 0.1) is 11.7 Å². The smallest absolute Gasteiger partial charge is 0.250 e. The Balaban J connectivity index is 1.66. The Bertz CT molecular complexity index is 1000. The topological polar surface area (TPSA) is 104 Å². The van der Waals surface area contributed by atoms with Crippen LogP contribution in [0.3, 0.4) is 0 Å². The van der Waals surface area contributed by atoms with Gasteiger partial charge in [0.1, 0.15) is 24.3 Å². The third-order valence-corrected chi connectivity index (χ3v) is 5.60. The molecule has 0 fully saturated rings. The number of rotatable bonds is 13. The van der Waals surface area contributed by atoms with E-state index in [9.17, 15) is 18.8 Å². The van der Waals surface area contributed by atoms with Gasteiger partial charge in [-0.15, -0.1) is 0 Å². The maximum atomic E-state index is 13.4. The SMILES string of the molecule is CCCCC[C@H](CN(C=O)OCc1ccccc1)C(=O)N1N=CCC1C(=O)Nc1ccc(F)cn1. The molecule has 35 heavy (non-hydrogen) atoms. The number of anilines is 1. The number of unbranched alkanes of at least 4 members (excludes halogenated alkanes) is 2. The molecule has 1 aliphatic rings. The molecule has 3 amide bonds. The van der Waals surface area contributed by atoms with Gasteiger partial charge in [0.05, 0.1) is 18.7 Å². The first kappa shape index (κ1) is 26.0. The van der Waals surface area contributed by atoms with Crippen LogP contribution in [-0.4, -0.2) is 52.1 Å². The van der Waals surface area contributed by atoms with E-state index < -0.39 is 23.7 Å². The van der Waals surface area contributed by atoms with Crippen molar-refractivity contribution in [3.05, 3.63) is 60.0 Å². The van der Waals surface area contributed by atoms with Crippen LogP contribution in [0.15, 0.2) is 53.8 Å². The second-order valence-corrected chi connectivity index (χ2v) is 8.24. The number of carbonyl (C=O) groups excluding carboxylic acids is 3. The fourth-order valence-corrected chi connectivity index (χ4v) is 3.70. The average molecular weight is 484 g/mol. The van der Waals surface area contributed by atoms with E-state index in [1.807, 2.05) is 30.3 Å². The molecule has 0 saturated carbocycles. The number of pyridine rings is 1. The Morgan fingerprint density at radius 1 is 1.26 bits per heavy atom. The van der Waals surface area contributed by atoms with E-state index in [1.54, 1.807) is 0 Å². The lowest BCUT2D eigenvalue weighted by atomic mass is 9.99. The summed E-state index contributed by atoms with van der Waals surface area (Å²) < 4.78 is 13.1. The largest absolute Gasteiger partial charge is 0.309 e. The van der Waals surface area contributed by atoms with Gasteiger partial charge in [0.2, 0.25) is 12.3 Å². The molecule has 1 unspecified atom stereocenters. The highest BCUT2D eigenvalue weighted by atomic mass is 19.1. The summed E-state index contributed by atoms with van der Waals surface area (Å²) in [5.41, 5.74) is 0.892. The molecule has 0 bridgehead atoms. The Labute approximate surface area is 203 Å². The van der Waals surface area contributed by atoms with Crippen LogP contribution in [0.25, 0.3) is 0 Å². The van der Waals surface area contributed by atoms with Crippen LogP contribution in [-0.2, 0) is 25.8 Å². The summed E-state index contributed by atoms with van der Waals surface area (Å²) in [4.78, 5) is 47.4. The van der Waals surface area contributed by atoms with Crippen molar-refractivity contribution in [1.82, 2.24) is 15.1 Å². The molecule has 186 valence electrons. The van der Waals surface area contributed by atoms with E-state index in [4.69, 9.17) is 4.84 Å². The maximum absolute atomic E-state index is 13.4. The van der Waals surface area contributed by atoms with Crippen molar-refractivity contribution in [2.45, 2.75) is 51.7 Å². The molecular formula is C25H30FN5O4. The number of nitrogens with zero attached hydrogens (tertiary/aromatic N) is 4. The molecule has 1 aromatic heterocycles. The van der Waals surface area contributed by atoms with Crippen molar-refractivity contribution in [1.29, 1.82) is 0 Å². The Morgan fingerprint density at radius 2 is 2.06 bits per heavy atom. The first-order valence-corrected chi connectivity index (χ1v) is 11.7. The van der Waals surface area contributed by atoms with E-state index in [0.717, 1.165) is 41.1 Å². The molecule has 9 nitrogen and oxygen atoms in total. The van der Waals surface area contributed by atoms with E-state index in [2.05, 4.69) is 22.3 Å². The summed E-state index contributed by atoms with van der Waals surface area (Å²) >= 11 is 0. The average Bonchev–Trinajstić information content (AvgIpc) is 3.37. The number of amides is 3. The molecule has 1 N–H and O–H groups in total. The van der Waals surface area contributed by atoms with Crippen molar-refractivity contribution in [3.63, 3.8) is 0 Å². The van der Waals surface area contributed by atoms with Gasteiger partial charge in [-0.1, -0.05) is 56.5 Å². The number of hydrogen-bond acceptors (Lipinski definition) is 6. The van der Waals surface area contributed by atoms with Crippen LogP contribution in [0.4, 0.5) is 10.2 Å². The summed E-state index contributed by atoms with van der Waals surface area (Å²) in [5.74, 6) is -1.78. The molecule has 0 aliphatic carbocycles. The van der Waals surface area contributed by atoms with E-state index in [-0.39, 0.29) is 31.3 Å². The summed E-state index contributed by atoms with van der Waals surface area (Å²) in [5, 5.41) is 9.02. The second-order valence-electron chi connectivity index (χ2n) is 8.24. The number of hydrogen-bond donors (Lipinski definition) is 1. The highest BCUT2D eigenvalue weighted by Gasteiger charge is 2.37. The van der Waals surface area contributed by atoms with Gasteiger partial charge in [-0.3, -0.25) is 19.2 Å². The van der Waals surface area contributed by atoms with Gasteiger partial charge < -0.3 is 5.32 Å². The Morgan fingerprint density at radius 3 is 2.74 bits per heavy atom. The van der Waals surface area contributed by atoms with Crippen molar-refractivity contribution in [2.24, 2.45) is 11.0 Å². The lowest BCUT2D eigenvalue weighted by molar-refractivity contribution is -0.183. The van der Waals surface area contributed by atoms with Crippen molar-refractivity contribution in [3.8, 4) is 0 Å². The predicted molar refractivity (Wildman–Crippen MR) is 128 cm³/mol. The number of halogens is 1. The van der Waals surface area contributed by atoms with Gasteiger partial charge in [0.15, 0.2) is 0 Å². The van der Waals surface area contributed by atoms with Gasteiger partial charge in [0.25, 0.3) is 5.91 Å². The van der Waals surface area contributed by atoms with E-state index >= 15 is 0 Å². The van der Waals surface area contributed by atoms with E-state index in [0.29, 0.717) is 12.8 Å². The lowest BCUT2D eigenvalue weighted by Crippen LogP contribution is -2.46. The lowest BCUT2D eigenvalue weighted by Gasteiger charge is -2.28. The van der Waals surface area contributed by atoms with Gasteiger partial charge in [-0.25, -0.2) is 19.4 Å². The highest BCUT2D eigenvalue weighted by Crippen LogP contribution is 2.22. The minimum Gasteiger partial charge on any atom is -0.309 e. The second kappa shape index (κ2) is 13.3.